The number of rotatable bonds is 3. The van der Waals surface area contributed by atoms with Crippen LogP contribution < -0.4 is 9.96 Å². The fourth-order valence-corrected chi connectivity index (χ4v) is 4.14. The van der Waals surface area contributed by atoms with Gasteiger partial charge in [0, 0.05) is 0 Å². The second-order valence-corrected chi connectivity index (χ2v) is 7.24. The third-order valence-electron chi connectivity index (χ3n) is 5.52. The molecular formula is C24H17N3O3. The summed E-state index contributed by atoms with van der Waals surface area (Å²) in [7, 11) is 0. The first-order valence-corrected chi connectivity index (χ1v) is 9.63. The molecule has 146 valence electrons. The topological polar surface area (TPSA) is 73.6 Å². The number of carbonyl (C=O) groups excluding carboxylic acids is 2. The van der Waals surface area contributed by atoms with Gasteiger partial charge in [0.05, 0.1) is 29.0 Å². The zero-order valence-corrected chi connectivity index (χ0v) is 15.9. The molecule has 2 fully saturated rings. The molecule has 3 aromatic rings. The number of amides is 2. The van der Waals surface area contributed by atoms with Gasteiger partial charge in [-0.25, -0.2) is 9.96 Å². The molecule has 3 aromatic carbocycles. The third-order valence-corrected chi connectivity index (χ3v) is 5.52. The number of para-hydroxylation sites is 1. The van der Waals surface area contributed by atoms with Gasteiger partial charge in [-0.15, -0.1) is 0 Å². The first kappa shape index (κ1) is 18.1. The number of hydroxylamine groups is 1. The van der Waals surface area contributed by atoms with Gasteiger partial charge in [0.2, 0.25) is 5.91 Å². The van der Waals surface area contributed by atoms with E-state index in [1.807, 2.05) is 66.7 Å². The van der Waals surface area contributed by atoms with E-state index in [-0.39, 0.29) is 5.91 Å². The zero-order chi connectivity index (χ0) is 20.7. The van der Waals surface area contributed by atoms with Gasteiger partial charge in [-0.2, -0.15) is 5.26 Å². The van der Waals surface area contributed by atoms with Crippen LogP contribution in [0.1, 0.15) is 17.2 Å². The first-order chi connectivity index (χ1) is 14.7. The standard InChI is InChI=1S/C24H17N3O3/c25-15-16-11-13-18(14-12-16)26-23(28)20-21(17-7-3-1-4-8-17)27(30-22(20)24(26)29)19-9-5-2-6-10-19/h1-14,20-22H/t20-,21+,22+/m1/s1. The monoisotopic (exact) mass is 395 g/mol. The maximum Gasteiger partial charge on any atom is 0.266 e. The predicted octanol–water partition coefficient (Wildman–Crippen LogP) is 3.61. The van der Waals surface area contributed by atoms with Crippen molar-refractivity contribution in [2.75, 3.05) is 9.96 Å². The molecule has 6 heteroatoms. The van der Waals surface area contributed by atoms with Crippen molar-refractivity contribution in [3.63, 3.8) is 0 Å². The van der Waals surface area contributed by atoms with Crippen LogP contribution >= 0.6 is 0 Å². The number of fused-ring (bicyclic) bond motifs is 1. The molecule has 2 aliphatic heterocycles. The number of benzene rings is 3. The van der Waals surface area contributed by atoms with Gasteiger partial charge in [-0.3, -0.25) is 14.4 Å². The number of hydrogen-bond donors (Lipinski definition) is 0. The quantitative estimate of drug-likeness (QED) is 0.634. The minimum absolute atomic E-state index is 0.304. The Hall–Kier alpha value is -3.95. The number of carbonyl (C=O) groups is 2. The van der Waals surface area contributed by atoms with Crippen LogP contribution in [0.3, 0.4) is 0 Å². The number of nitrogens with zero attached hydrogens (tertiary/aromatic N) is 3. The Kier molecular flexibility index (Phi) is 4.31. The summed E-state index contributed by atoms with van der Waals surface area (Å²) in [5.41, 5.74) is 2.59. The molecule has 0 spiro atoms. The molecule has 5 rings (SSSR count). The number of hydrogen-bond acceptors (Lipinski definition) is 5. The lowest BCUT2D eigenvalue weighted by molar-refractivity contribution is -0.126. The van der Waals surface area contributed by atoms with Crippen molar-refractivity contribution in [2.24, 2.45) is 5.92 Å². The van der Waals surface area contributed by atoms with E-state index in [2.05, 4.69) is 0 Å². The molecule has 0 radical (unpaired) electrons. The molecule has 2 heterocycles. The normalized spacial score (nSPS) is 22.8. The van der Waals surface area contributed by atoms with Gasteiger partial charge in [0.25, 0.3) is 5.91 Å². The van der Waals surface area contributed by atoms with Crippen LogP contribution in [0.4, 0.5) is 11.4 Å². The van der Waals surface area contributed by atoms with Gasteiger partial charge in [0.15, 0.2) is 6.10 Å². The third kappa shape index (κ3) is 2.76. The Morgan fingerprint density at radius 1 is 0.767 bits per heavy atom. The van der Waals surface area contributed by atoms with E-state index < -0.39 is 24.0 Å². The Bertz CT molecular complexity index is 1140. The Morgan fingerprint density at radius 3 is 2.03 bits per heavy atom. The zero-order valence-electron chi connectivity index (χ0n) is 15.9. The van der Waals surface area contributed by atoms with E-state index in [9.17, 15) is 9.59 Å². The summed E-state index contributed by atoms with van der Waals surface area (Å²) in [4.78, 5) is 33.9. The smallest absolute Gasteiger partial charge is 0.266 e. The second-order valence-electron chi connectivity index (χ2n) is 7.24. The summed E-state index contributed by atoms with van der Waals surface area (Å²) in [5.74, 6) is -1.37. The molecule has 30 heavy (non-hydrogen) atoms. The average molecular weight is 395 g/mol. The van der Waals surface area contributed by atoms with Crippen molar-refractivity contribution >= 4 is 23.2 Å². The maximum atomic E-state index is 13.4. The number of nitriles is 1. The summed E-state index contributed by atoms with van der Waals surface area (Å²) in [6.45, 7) is 0. The van der Waals surface area contributed by atoms with Crippen molar-refractivity contribution in [3.8, 4) is 6.07 Å². The van der Waals surface area contributed by atoms with E-state index in [4.69, 9.17) is 10.1 Å². The maximum absolute atomic E-state index is 13.4. The van der Waals surface area contributed by atoms with Crippen LogP contribution in [0.5, 0.6) is 0 Å². The number of imide groups is 1. The van der Waals surface area contributed by atoms with Crippen LogP contribution in [0.25, 0.3) is 0 Å². The van der Waals surface area contributed by atoms with Gasteiger partial charge in [0.1, 0.15) is 5.92 Å². The lowest BCUT2D eigenvalue weighted by atomic mass is 9.90. The van der Waals surface area contributed by atoms with E-state index in [0.29, 0.717) is 11.3 Å². The minimum Gasteiger partial charge on any atom is -0.273 e. The summed E-state index contributed by atoms with van der Waals surface area (Å²) in [6, 6.07) is 27.1. The van der Waals surface area contributed by atoms with E-state index >= 15 is 0 Å². The largest absolute Gasteiger partial charge is 0.273 e. The molecule has 6 nitrogen and oxygen atoms in total. The summed E-state index contributed by atoms with van der Waals surface area (Å²) >= 11 is 0. The second kappa shape index (κ2) is 7.14. The van der Waals surface area contributed by atoms with Crippen molar-refractivity contribution in [2.45, 2.75) is 12.1 Å². The fourth-order valence-electron chi connectivity index (χ4n) is 4.14. The molecule has 2 amide bonds. The summed E-state index contributed by atoms with van der Waals surface area (Å²) in [6.07, 6.45) is -0.904. The van der Waals surface area contributed by atoms with Crippen molar-refractivity contribution < 1.29 is 14.4 Å². The fraction of sp³-hybridized carbons (Fsp3) is 0.125. The van der Waals surface area contributed by atoms with Crippen LogP contribution in [-0.4, -0.2) is 17.9 Å². The molecule has 3 atom stereocenters. The van der Waals surface area contributed by atoms with Gasteiger partial charge < -0.3 is 0 Å². The lowest BCUT2D eigenvalue weighted by Crippen LogP contribution is -2.37. The van der Waals surface area contributed by atoms with Crippen LogP contribution in [-0.2, 0) is 14.4 Å². The number of anilines is 2. The van der Waals surface area contributed by atoms with Gasteiger partial charge >= 0.3 is 0 Å². The van der Waals surface area contributed by atoms with E-state index in [0.717, 1.165) is 11.3 Å². The summed E-state index contributed by atoms with van der Waals surface area (Å²) in [5, 5.41) is 10.7. The van der Waals surface area contributed by atoms with Crippen LogP contribution in [0.15, 0.2) is 84.9 Å². The SMILES string of the molecule is N#Cc1ccc(N2C(=O)[C@H]3[C@H](ON(c4ccccc4)[C@H]3c3ccccc3)C2=O)cc1. The van der Waals surface area contributed by atoms with E-state index in [1.54, 1.807) is 29.3 Å². The summed E-state index contributed by atoms with van der Waals surface area (Å²) < 4.78 is 0. The highest BCUT2D eigenvalue weighted by atomic mass is 16.7. The van der Waals surface area contributed by atoms with Gasteiger partial charge in [-0.05, 0) is 42.0 Å². The molecule has 0 aliphatic carbocycles. The van der Waals surface area contributed by atoms with Crippen molar-refractivity contribution in [3.05, 3.63) is 96.1 Å². The van der Waals surface area contributed by atoms with Crippen molar-refractivity contribution in [1.82, 2.24) is 0 Å². The molecule has 0 saturated carbocycles. The molecule has 2 aliphatic rings. The minimum atomic E-state index is -0.904. The molecular weight excluding hydrogens is 378 g/mol. The highest BCUT2D eigenvalue weighted by Crippen LogP contribution is 2.47. The highest BCUT2D eigenvalue weighted by Gasteiger charge is 2.60. The van der Waals surface area contributed by atoms with Crippen LogP contribution in [0, 0.1) is 17.2 Å². The Morgan fingerprint density at radius 2 is 1.40 bits per heavy atom. The van der Waals surface area contributed by atoms with Crippen LogP contribution in [0.2, 0.25) is 0 Å². The van der Waals surface area contributed by atoms with Gasteiger partial charge in [-0.1, -0.05) is 48.5 Å². The molecule has 0 N–H and O–H groups in total. The first-order valence-electron chi connectivity index (χ1n) is 9.63. The lowest BCUT2D eigenvalue weighted by Gasteiger charge is -2.28. The molecule has 0 bridgehead atoms. The Labute approximate surface area is 173 Å². The average Bonchev–Trinajstić information content (AvgIpc) is 3.31. The molecule has 0 aromatic heterocycles. The van der Waals surface area contributed by atoms with E-state index in [1.165, 1.54) is 4.90 Å². The van der Waals surface area contributed by atoms with Crippen molar-refractivity contribution in [1.29, 1.82) is 5.26 Å². The molecule has 2 saturated heterocycles. The highest BCUT2D eigenvalue weighted by molar-refractivity contribution is 6.23. The predicted molar refractivity (Wildman–Crippen MR) is 110 cm³/mol. The molecule has 0 unspecified atom stereocenters. The Balaban J connectivity index is 1.56.